The van der Waals surface area contributed by atoms with Gasteiger partial charge in [-0.3, -0.25) is 4.79 Å². The maximum atomic E-state index is 13.6. The molecule has 2 aromatic rings. The second-order valence-electron chi connectivity index (χ2n) is 8.47. The number of anilines is 1. The summed E-state index contributed by atoms with van der Waals surface area (Å²) in [7, 11) is 0. The van der Waals surface area contributed by atoms with E-state index in [4.69, 9.17) is 9.84 Å². The Balaban J connectivity index is 1.47. The van der Waals surface area contributed by atoms with Crippen LogP contribution >= 0.6 is 0 Å². The lowest BCUT2D eigenvalue weighted by atomic mass is 9.96. The van der Waals surface area contributed by atoms with Gasteiger partial charge >= 0.3 is 5.97 Å². The van der Waals surface area contributed by atoms with E-state index in [-0.39, 0.29) is 11.9 Å². The van der Waals surface area contributed by atoms with Crippen LogP contribution in [0.25, 0.3) is 0 Å². The average Bonchev–Trinajstić information content (AvgIpc) is 2.85. The summed E-state index contributed by atoms with van der Waals surface area (Å²) in [5.74, 6) is -0.636. The Labute approximate surface area is 189 Å². The van der Waals surface area contributed by atoms with Crippen LogP contribution in [-0.2, 0) is 4.79 Å². The lowest BCUT2D eigenvalue weighted by molar-refractivity contribution is -0.139. The van der Waals surface area contributed by atoms with Crippen molar-refractivity contribution in [2.75, 3.05) is 37.7 Å². The second kappa shape index (κ2) is 10.6. The van der Waals surface area contributed by atoms with Gasteiger partial charge < -0.3 is 25.0 Å². The number of para-hydroxylation sites is 1. The Morgan fingerprint density at radius 3 is 2.25 bits per heavy atom. The van der Waals surface area contributed by atoms with Crippen molar-refractivity contribution >= 4 is 17.6 Å². The molecule has 32 heavy (non-hydrogen) atoms. The number of piperidine rings is 2. The van der Waals surface area contributed by atoms with Crippen molar-refractivity contribution in [2.45, 2.75) is 37.8 Å². The van der Waals surface area contributed by atoms with Gasteiger partial charge in [-0.05, 0) is 75.2 Å². The number of benzene rings is 2. The number of carbonyl (C=O) groups excluding carboxylic acids is 1. The number of carbonyl (C=O) groups is 2. The highest BCUT2D eigenvalue weighted by molar-refractivity contribution is 6.06. The van der Waals surface area contributed by atoms with Crippen molar-refractivity contribution < 1.29 is 19.4 Å². The van der Waals surface area contributed by atoms with Crippen molar-refractivity contribution in [3.05, 3.63) is 60.2 Å². The zero-order valence-corrected chi connectivity index (χ0v) is 18.3. The number of likely N-dealkylation sites (tertiary alicyclic amines) is 1. The van der Waals surface area contributed by atoms with E-state index in [0.29, 0.717) is 17.4 Å². The normalized spacial score (nSPS) is 18.2. The molecule has 0 unspecified atom stereocenters. The van der Waals surface area contributed by atoms with Gasteiger partial charge in [0, 0.05) is 36.4 Å². The summed E-state index contributed by atoms with van der Waals surface area (Å²) in [5.41, 5.74) is 1.47. The van der Waals surface area contributed by atoms with Crippen molar-refractivity contribution in [2.24, 2.45) is 0 Å². The largest absolute Gasteiger partial charge is 0.482 e. The first-order valence-corrected chi connectivity index (χ1v) is 11.4. The second-order valence-corrected chi connectivity index (χ2v) is 8.47. The number of carboxylic acids is 1. The summed E-state index contributed by atoms with van der Waals surface area (Å²) < 4.78 is 5.20. The fourth-order valence-electron chi connectivity index (χ4n) is 4.74. The smallest absolute Gasteiger partial charge is 0.341 e. The van der Waals surface area contributed by atoms with Gasteiger partial charge in [-0.1, -0.05) is 18.2 Å². The highest BCUT2D eigenvalue weighted by Gasteiger charge is 2.32. The van der Waals surface area contributed by atoms with E-state index >= 15 is 0 Å². The Kier molecular flexibility index (Phi) is 7.39. The van der Waals surface area contributed by atoms with Crippen molar-refractivity contribution in [1.82, 2.24) is 10.2 Å². The van der Waals surface area contributed by atoms with Gasteiger partial charge in [0.25, 0.3) is 5.91 Å². The van der Waals surface area contributed by atoms with Crippen LogP contribution in [0.2, 0.25) is 0 Å². The maximum absolute atomic E-state index is 13.6. The van der Waals surface area contributed by atoms with Gasteiger partial charge in [0.2, 0.25) is 0 Å². The van der Waals surface area contributed by atoms with Crippen LogP contribution in [0.5, 0.6) is 5.75 Å². The number of rotatable bonds is 7. The predicted molar refractivity (Wildman–Crippen MR) is 123 cm³/mol. The van der Waals surface area contributed by atoms with Crippen LogP contribution in [0.3, 0.4) is 0 Å². The predicted octanol–water partition coefficient (Wildman–Crippen LogP) is 3.01. The van der Waals surface area contributed by atoms with Crippen LogP contribution in [0.4, 0.5) is 5.69 Å². The summed E-state index contributed by atoms with van der Waals surface area (Å²) in [5, 5.41) is 12.2. The Morgan fingerprint density at radius 1 is 0.969 bits per heavy atom. The number of hydrogen-bond acceptors (Lipinski definition) is 5. The van der Waals surface area contributed by atoms with Crippen LogP contribution in [0.15, 0.2) is 54.6 Å². The van der Waals surface area contributed by atoms with Gasteiger partial charge in [0.1, 0.15) is 5.75 Å². The standard InChI is InChI=1S/C25H31N3O4/c29-24(30)18-32-23-8-6-19(7-9-23)25(31)28(21-4-2-1-3-5-21)22-12-16-27(17-13-22)20-10-14-26-15-11-20/h1-9,20,22,26H,10-18H2,(H,29,30). The highest BCUT2D eigenvalue weighted by atomic mass is 16.5. The Bertz CT molecular complexity index is 889. The van der Waals surface area contributed by atoms with Gasteiger partial charge in [-0.25, -0.2) is 4.79 Å². The van der Waals surface area contributed by atoms with Crippen LogP contribution < -0.4 is 15.0 Å². The third-order valence-corrected chi connectivity index (χ3v) is 6.41. The molecule has 0 atom stereocenters. The quantitative estimate of drug-likeness (QED) is 0.693. The number of carboxylic acid groups (broad SMARTS) is 1. The monoisotopic (exact) mass is 437 g/mol. The molecule has 7 heteroatoms. The van der Waals surface area contributed by atoms with E-state index < -0.39 is 12.6 Å². The van der Waals surface area contributed by atoms with Crippen molar-refractivity contribution in [1.29, 1.82) is 0 Å². The number of nitrogens with one attached hydrogen (secondary N) is 1. The van der Waals surface area contributed by atoms with Crippen LogP contribution in [0, 0.1) is 0 Å². The molecule has 2 heterocycles. The topological polar surface area (TPSA) is 82.1 Å². The van der Waals surface area contributed by atoms with Crippen molar-refractivity contribution in [3.8, 4) is 5.75 Å². The van der Waals surface area contributed by atoms with E-state index in [2.05, 4.69) is 10.2 Å². The number of hydrogen-bond donors (Lipinski definition) is 2. The molecule has 0 aliphatic carbocycles. The molecule has 2 fully saturated rings. The molecular weight excluding hydrogens is 406 g/mol. The first kappa shape index (κ1) is 22.3. The van der Waals surface area contributed by atoms with E-state index in [1.807, 2.05) is 35.2 Å². The molecule has 2 N–H and O–H groups in total. The van der Waals surface area contributed by atoms with E-state index in [1.54, 1.807) is 24.3 Å². The molecular formula is C25H31N3O4. The first-order valence-electron chi connectivity index (χ1n) is 11.4. The molecule has 2 aliphatic heterocycles. The molecule has 4 rings (SSSR count). The van der Waals surface area contributed by atoms with Gasteiger partial charge in [-0.15, -0.1) is 0 Å². The molecule has 0 radical (unpaired) electrons. The third kappa shape index (κ3) is 5.47. The fraction of sp³-hybridized carbons (Fsp3) is 0.440. The molecule has 0 spiro atoms. The van der Waals surface area contributed by atoms with E-state index in [0.717, 1.165) is 44.7 Å². The minimum Gasteiger partial charge on any atom is -0.482 e. The zero-order chi connectivity index (χ0) is 22.3. The summed E-state index contributed by atoms with van der Waals surface area (Å²) in [6, 6.07) is 17.4. The molecule has 1 amide bonds. The van der Waals surface area contributed by atoms with E-state index in [9.17, 15) is 9.59 Å². The lowest BCUT2D eigenvalue weighted by Gasteiger charge is -2.42. The SMILES string of the molecule is O=C(O)COc1ccc(C(=O)N(c2ccccc2)C2CCN(C3CCNCC3)CC2)cc1. The summed E-state index contributed by atoms with van der Waals surface area (Å²) in [4.78, 5) is 28.8. The first-order chi connectivity index (χ1) is 15.6. The summed E-state index contributed by atoms with van der Waals surface area (Å²) in [6.07, 6.45) is 4.29. The van der Waals surface area contributed by atoms with Crippen molar-refractivity contribution in [3.63, 3.8) is 0 Å². The molecule has 0 aromatic heterocycles. The number of aliphatic carboxylic acids is 1. The molecule has 170 valence electrons. The number of ether oxygens (including phenoxy) is 1. The molecule has 2 saturated heterocycles. The van der Waals surface area contributed by atoms with Crippen LogP contribution in [-0.4, -0.2) is 66.8 Å². The third-order valence-electron chi connectivity index (χ3n) is 6.41. The number of amides is 1. The molecule has 2 aromatic carbocycles. The van der Waals surface area contributed by atoms with Gasteiger partial charge in [0.05, 0.1) is 0 Å². The average molecular weight is 438 g/mol. The van der Waals surface area contributed by atoms with Crippen LogP contribution in [0.1, 0.15) is 36.0 Å². The van der Waals surface area contributed by atoms with E-state index in [1.165, 1.54) is 12.8 Å². The minimum absolute atomic E-state index is 0.0405. The summed E-state index contributed by atoms with van der Waals surface area (Å²) in [6.45, 7) is 3.79. The minimum atomic E-state index is -1.03. The molecule has 0 bridgehead atoms. The number of nitrogens with zero attached hydrogens (tertiary/aromatic N) is 2. The lowest BCUT2D eigenvalue weighted by Crippen LogP contribution is -2.52. The van der Waals surface area contributed by atoms with Gasteiger partial charge in [0.15, 0.2) is 6.61 Å². The molecule has 2 aliphatic rings. The Morgan fingerprint density at radius 2 is 1.62 bits per heavy atom. The van der Waals surface area contributed by atoms with Gasteiger partial charge in [-0.2, -0.15) is 0 Å². The summed E-state index contributed by atoms with van der Waals surface area (Å²) >= 11 is 0. The fourth-order valence-corrected chi connectivity index (χ4v) is 4.74. The molecule has 7 nitrogen and oxygen atoms in total. The Hall–Kier alpha value is -2.90. The maximum Gasteiger partial charge on any atom is 0.341 e. The highest BCUT2D eigenvalue weighted by Crippen LogP contribution is 2.28. The molecule has 0 saturated carbocycles. The zero-order valence-electron chi connectivity index (χ0n) is 18.3.